The standard InChI is InChI=1S/C21H27NO5/c1-15-3-7-18(8-4-15)22-21(25)27-20(16(2)11-12-23)17-5-9-19(10-6-17)26-14-13-24/h3-10,16,20,23-24H,11-14H2,1-2H3,(H,22,25)/t16-,20+/m1/s1. The van der Waals surface area contributed by atoms with Crippen molar-refractivity contribution in [1.82, 2.24) is 0 Å². The van der Waals surface area contributed by atoms with E-state index < -0.39 is 12.2 Å². The molecule has 0 aliphatic carbocycles. The number of hydrogen-bond acceptors (Lipinski definition) is 5. The number of ether oxygens (including phenoxy) is 2. The first kappa shape index (κ1) is 20.7. The Kier molecular flexibility index (Phi) is 8.10. The molecule has 0 aromatic heterocycles. The number of hydrogen-bond donors (Lipinski definition) is 3. The van der Waals surface area contributed by atoms with E-state index in [0.29, 0.717) is 17.9 Å². The zero-order valence-electron chi connectivity index (χ0n) is 15.7. The highest BCUT2D eigenvalue weighted by Gasteiger charge is 2.23. The predicted molar refractivity (Wildman–Crippen MR) is 104 cm³/mol. The number of aliphatic hydroxyl groups is 2. The van der Waals surface area contributed by atoms with Crippen molar-refractivity contribution in [2.24, 2.45) is 5.92 Å². The molecule has 1 amide bonds. The van der Waals surface area contributed by atoms with Crippen LogP contribution in [0.5, 0.6) is 5.75 Å². The third kappa shape index (κ3) is 6.58. The molecule has 0 unspecified atom stereocenters. The lowest BCUT2D eigenvalue weighted by atomic mass is 9.94. The first-order valence-corrected chi connectivity index (χ1v) is 9.02. The number of amides is 1. The van der Waals surface area contributed by atoms with E-state index in [1.165, 1.54) is 0 Å². The number of carbonyl (C=O) groups is 1. The van der Waals surface area contributed by atoms with Gasteiger partial charge in [-0.15, -0.1) is 0 Å². The maximum atomic E-state index is 12.3. The third-order valence-electron chi connectivity index (χ3n) is 4.20. The lowest BCUT2D eigenvalue weighted by molar-refractivity contribution is 0.0667. The van der Waals surface area contributed by atoms with Crippen molar-refractivity contribution in [3.8, 4) is 5.75 Å². The van der Waals surface area contributed by atoms with Crippen molar-refractivity contribution < 1.29 is 24.5 Å². The van der Waals surface area contributed by atoms with Gasteiger partial charge in [0.15, 0.2) is 0 Å². The molecule has 0 aliphatic rings. The van der Waals surface area contributed by atoms with Crippen LogP contribution in [0.2, 0.25) is 0 Å². The average molecular weight is 373 g/mol. The van der Waals surface area contributed by atoms with Gasteiger partial charge in [-0.3, -0.25) is 5.32 Å². The van der Waals surface area contributed by atoms with Crippen molar-refractivity contribution in [2.45, 2.75) is 26.4 Å². The number of benzene rings is 2. The van der Waals surface area contributed by atoms with Crippen LogP contribution in [0.25, 0.3) is 0 Å². The third-order valence-corrected chi connectivity index (χ3v) is 4.20. The van der Waals surface area contributed by atoms with E-state index in [0.717, 1.165) is 11.1 Å². The molecule has 2 rings (SSSR count). The fourth-order valence-electron chi connectivity index (χ4n) is 2.68. The van der Waals surface area contributed by atoms with Gasteiger partial charge in [-0.2, -0.15) is 0 Å². The van der Waals surface area contributed by atoms with E-state index in [9.17, 15) is 9.90 Å². The molecule has 6 heteroatoms. The summed E-state index contributed by atoms with van der Waals surface area (Å²) in [7, 11) is 0. The summed E-state index contributed by atoms with van der Waals surface area (Å²) in [6.45, 7) is 4.08. The normalized spacial score (nSPS) is 12.9. The fourth-order valence-corrected chi connectivity index (χ4v) is 2.68. The zero-order chi connectivity index (χ0) is 19.6. The second-order valence-corrected chi connectivity index (χ2v) is 6.45. The SMILES string of the molecule is Cc1ccc(NC(=O)O[C@H](c2ccc(OCCO)cc2)[C@H](C)CCO)cc1. The summed E-state index contributed by atoms with van der Waals surface area (Å²) in [5.74, 6) is 0.563. The molecule has 0 saturated carbocycles. The Morgan fingerprint density at radius 3 is 2.30 bits per heavy atom. The summed E-state index contributed by atoms with van der Waals surface area (Å²) in [4.78, 5) is 12.3. The van der Waals surface area contributed by atoms with Crippen LogP contribution in [0.1, 0.15) is 30.6 Å². The number of carbonyl (C=O) groups excluding carboxylic acids is 1. The summed E-state index contributed by atoms with van der Waals surface area (Å²) in [6.07, 6.45) is -0.547. The molecular formula is C21H27NO5. The lowest BCUT2D eigenvalue weighted by Gasteiger charge is -2.24. The van der Waals surface area contributed by atoms with Crippen molar-refractivity contribution in [1.29, 1.82) is 0 Å². The van der Waals surface area contributed by atoms with Crippen LogP contribution in [0.4, 0.5) is 10.5 Å². The molecule has 27 heavy (non-hydrogen) atoms. The van der Waals surface area contributed by atoms with Gasteiger partial charge in [0.25, 0.3) is 0 Å². The van der Waals surface area contributed by atoms with Gasteiger partial charge in [-0.25, -0.2) is 4.79 Å². The molecule has 0 bridgehead atoms. The number of rotatable bonds is 9. The molecule has 2 aromatic rings. The average Bonchev–Trinajstić information content (AvgIpc) is 2.67. The van der Waals surface area contributed by atoms with Crippen molar-refractivity contribution in [3.05, 3.63) is 59.7 Å². The molecule has 0 saturated heterocycles. The molecule has 3 N–H and O–H groups in total. The van der Waals surface area contributed by atoms with Gasteiger partial charge in [0.05, 0.1) is 6.61 Å². The Hall–Kier alpha value is -2.57. The van der Waals surface area contributed by atoms with Gasteiger partial charge < -0.3 is 19.7 Å². The topological polar surface area (TPSA) is 88.0 Å². The number of anilines is 1. The molecule has 6 nitrogen and oxygen atoms in total. The molecule has 0 fully saturated rings. The molecule has 0 radical (unpaired) electrons. The second-order valence-electron chi connectivity index (χ2n) is 6.45. The first-order chi connectivity index (χ1) is 13.0. The Morgan fingerprint density at radius 1 is 1.04 bits per heavy atom. The monoisotopic (exact) mass is 373 g/mol. The van der Waals surface area contributed by atoms with E-state index in [4.69, 9.17) is 14.6 Å². The number of nitrogens with one attached hydrogen (secondary N) is 1. The quantitative estimate of drug-likeness (QED) is 0.624. The fraction of sp³-hybridized carbons (Fsp3) is 0.381. The summed E-state index contributed by atoms with van der Waals surface area (Å²) in [6, 6.07) is 14.6. The van der Waals surface area contributed by atoms with Crippen LogP contribution >= 0.6 is 0 Å². The second kappa shape index (κ2) is 10.5. The van der Waals surface area contributed by atoms with Gasteiger partial charge in [0.2, 0.25) is 0 Å². The summed E-state index contributed by atoms with van der Waals surface area (Å²) in [5.41, 5.74) is 2.57. The van der Waals surface area contributed by atoms with Crippen LogP contribution in [-0.2, 0) is 4.74 Å². The van der Waals surface area contributed by atoms with Crippen molar-refractivity contribution >= 4 is 11.8 Å². The van der Waals surface area contributed by atoms with Crippen LogP contribution in [0.15, 0.2) is 48.5 Å². The smallest absolute Gasteiger partial charge is 0.412 e. The molecular weight excluding hydrogens is 346 g/mol. The molecule has 2 aromatic carbocycles. The highest BCUT2D eigenvalue weighted by atomic mass is 16.6. The van der Waals surface area contributed by atoms with Gasteiger partial charge in [-0.1, -0.05) is 36.8 Å². The van der Waals surface area contributed by atoms with Crippen LogP contribution < -0.4 is 10.1 Å². The van der Waals surface area contributed by atoms with E-state index in [-0.39, 0.29) is 25.7 Å². The first-order valence-electron chi connectivity index (χ1n) is 9.02. The zero-order valence-corrected chi connectivity index (χ0v) is 15.7. The number of aliphatic hydroxyl groups excluding tert-OH is 2. The van der Waals surface area contributed by atoms with Crippen molar-refractivity contribution in [3.63, 3.8) is 0 Å². The van der Waals surface area contributed by atoms with Crippen LogP contribution in [0.3, 0.4) is 0 Å². The Balaban J connectivity index is 2.08. The Labute approximate surface area is 159 Å². The minimum Gasteiger partial charge on any atom is -0.491 e. The van der Waals surface area contributed by atoms with E-state index >= 15 is 0 Å². The van der Waals surface area contributed by atoms with E-state index in [1.807, 2.05) is 50.2 Å². The van der Waals surface area contributed by atoms with E-state index in [1.54, 1.807) is 12.1 Å². The molecule has 146 valence electrons. The van der Waals surface area contributed by atoms with Crippen LogP contribution in [0, 0.1) is 12.8 Å². The molecule has 2 atom stereocenters. The molecule has 0 spiro atoms. The summed E-state index contributed by atoms with van der Waals surface area (Å²) >= 11 is 0. The van der Waals surface area contributed by atoms with Gasteiger partial charge in [0.1, 0.15) is 18.5 Å². The molecule has 0 aliphatic heterocycles. The Bertz CT molecular complexity index is 700. The maximum absolute atomic E-state index is 12.3. The minimum absolute atomic E-state index is 0.0122. The highest BCUT2D eigenvalue weighted by molar-refractivity contribution is 5.84. The highest BCUT2D eigenvalue weighted by Crippen LogP contribution is 2.30. The van der Waals surface area contributed by atoms with Gasteiger partial charge in [-0.05, 0) is 49.1 Å². The van der Waals surface area contributed by atoms with Crippen molar-refractivity contribution in [2.75, 3.05) is 25.1 Å². The predicted octanol–water partition coefficient (Wildman–Crippen LogP) is 3.67. The number of aryl methyl sites for hydroxylation is 1. The maximum Gasteiger partial charge on any atom is 0.412 e. The Morgan fingerprint density at radius 2 is 1.70 bits per heavy atom. The van der Waals surface area contributed by atoms with Crippen LogP contribution in [-0.4, -0.2) is 36.1 Å². The van der Waals surface area contributed by atoms with E-state index in [2.05, 4.69) is 5.32 Å². The van der Waals surface area contributed by atoms with Gasteiger partial charge >= 0.3 is 6.09 Å². The minimum atomic E-state index is -0.547. The largest absolute Gasteiger partial charge is 0.491 e. The van der Waals surface area contributed by atoms with Gasteiger partial charge in [0, 0.05) is 12.3 Å². The molecule has 0 heterocycles. The summed E-state index contributed by atoms with van der Waals surface area (Å²) < 4.78 is 11.0. The summed E-state index contributed by atoms with van der Waals surface area (Å²) in [5, 5.41) is 20.8. The lowest BCUT2D eigenvalue weighted by Crippen LogP contribution is -2.22.